The topological polar surface area (TPSA) is 73.9 Å². The second-order valence-electron chi connectivity index (χ2n) is 8.66. The van der Waals surface area contributed by atoms with E-state index in [0.29, 0.717) is 23.5 Å². The van der Waals surface area contributed by atoms with Crippen LogP contribution in [0.4, 0.5) is 11.5 Å². The molecule has 7 nitrogen and oxygen atoms in total. The highest BCUT2D eigenvalue weighted by atomic mass is 15.4. The van der Waals surface area contributed by atoms with Gasteiger partial charge >= 0.3 is 0 Å². The second-order valence-corrected chi connectivity index (χ2v) is 8.66. The van der Waals surface area contributed by atoms with Crippen LogP contribution < -0.4 is 9.80 Å². The molecule has 7 heteroatoms. The van der Waals surface area contributed by atoms with E-state index in [1.807, 2.05) is 13.2 Å². The van der Waals surface area contributed by atoms with E-state index < -0.39 is 0 Å². The SMILES string of the molecule is Cn1cc(-c2ncc(C#N)c(N3C[C@@H]4C[C@H]3CN4c3cccc(C4CC4)c3)n2)cn1. The van der Waals surface area contributed by atoms with Crippen molar-refractivity contribution < 1.29 is 0 Å². The molecule has 2 aliphatic heterocycles. The highest BCUT2D eigenvalue weighted by Crippen LogP contribution is 2.43. The summed E-state index contributed by atoms with van der Waals surface area (Å²) in [5.74, 6) is 2.14. The van der Waals surface area contributed by atoms with Crippen molar-refractivity contribution >= 4 is 11.5 Å². The van der Waals surface area contributed by atoms with Crippen molar-refractivity contribution in [1.82, 2.24) is 19.7 Å². The third kappa shape index (κ3) is 2.83. The Labute approximate surface area is 175 Å². The van der Waals surface area contributed by atoms with Crippen LogP contribution in [0.2, 0.25) is 0 Å². The standard InChI is InChI=1S/C23H23N7/c1-28-12-18(11-26-28)22-25-10-17(9-24)23(27-22)30-14-20-8-21(30)13-29(20)19-4-2-3-16(7-19)15-5-6-15/h2-4,7,10-12,15,20-21H,5-6,8,13-14H2,1H3/t20-,21-/m0/s1. The number of hydrogen-bond donors (Lipinski definition) is 0. The minimum atomic E-state index is 0.364. The van der Waals surface area contributed by atoms with Crippen molar-refractivity contribution in [1.29, 1.82) is 5.26 Å². The molecule has 3 fully saturated rings. The summed E-state index contributed by atoms with van der Waals surface area (Å²) in [6.07, 6.45) is 9.06. The molecule has 0 N–H and O–H groups in total. The van der Waals surface area contributed by atoms with Gasteiger partial charge in [-0.05, 0) is 42.9 Å². The summed E-state index contributed by atoms with van der Waals surface area (Å²) in [6.45, 7) is 1.85. The van der Waals surface area contributed by atoms with Crippen molar-refractivity contribution in [2.75, 3.05) is 22.9 Å². The molecule has 0 radical (unpaired) electrons. The normalized spacial score (nSPS) is 22.5. The predicted molar refractivity (Wildman–Crippen MR) is 114 cm³/mol. The fraction of sp³-hybridized carbons (Fsp3) is 0.391. The number of nitriles is 1. The number of rotatable bonds is 4. The maximum absolute atomic E-state index is 9.65. The average molecular weight is 397 g/mol. The van der Waals surface area contributed by atoms with Crippen molar-refractivity contribution in [2.45, 2.75) is 37.3 Å². The van der Waals surface area contributed by atoms with E-state index in [0.717, 1.165) is 36.8 Å². The zero-order valence-corrected chi connectivity index (χ0v) is 16.9. The van der Waals surface area contributed by atoms with E-state index in [1.54, 1.807) is 17.1 Å². The minimum Gasteiger partial charge on any atom is -0.365 e. The first kappa shape index (κ1) is 17.5. The molecule has 0 spiro atoms. The molecular formula is C23H23N7. The molecule has 1 aromatic carbocycles. The van der Waals surface area contributed by atoms with Gasteiger partial charge in [0.05, 0.1) is 24.0 Å². The minimum absolute atomic E-state index is 0.364. The number of hydrogen-bond acceptors (Lipinski definition) is 6. The molecule has 3 aliphatic rings. The molecule has 6 rings (SSSR count). The third-order valence-corrected chi connectivity index (χ3v) is 6.62. The van der Waals surface area contributed by atoms with Crippen molar-refractivity contribution in [2.24, 2.45) is 7.05 Å². The van der Waals surface area contributed by atoms with Crippen LogP contribution in [0.3, 0.4) is 0 Å². The molecule has 2 atom stereocenters. The molecule has 4 heterocycles. The molecule has 2 saturated heterocycles. The number of aromatic nitrogens is 4. The molecule has 0 unspecified atom stereocenters. The van der Waals surface area contributed by atoms with Gasteiger partial charge in [-0.1, -0.05) is 12.1 Å². The number of nitrogens with zero attached hydrogens (tertiary/aromatic N) is 7. The van der Waals surface area contributed by atoms with Gasteiger partial charge in [0.2, 0.25) is 0 Å². The molecule has 2 aromatic heterocycles. The highest BCUT2D eigenvalue weighted by Gasteiger charge is 2.44. The molecular weight excluding hydrogens is 374 g/mol. The molecule has 30 heavy (non-hydrogen) atoms. The Hall–Kier alpha value is -3.40. The van der Waals surface area contributed by atoms with E-state index in [4.69, 9.17) is 4.98 Å². The first-order valence-electron chi connectivity index (χ1n) is 10.6. The fourth-order valence-corrected chi connectivity index (χ4v) is 4.96. The van der Waals surface area contributed by atoms with Crippen molar-refractivity contribution in [3.05, 3.63) is 54.0 Å². The third-order valence-electron chi connectivity index (χ3n) is 6.62. The second kappa shape index (κ2) is 6.56. The molecule has 3 aromatic rings. The van der Waals surface area contributed by atoms with E-state index in [1.165, 1.54) is 24.1 Å². The highest BCUT2D eigenvalue weighted by molar-refractivity contribution is 5.63. The summed E-state index contributed by atoms with van der Waals surface area (Å²) in [5, 5.41) is 13.9. The van der Waals surface area contributed by atoms with Crippen LogP contribution in [0.25, 0.3) is 11.4 Å². The summed E-state index contributed by atoms with van der Waals surface area (Å²) in [6, 6.07) is 12.2. The quantitative estimate of drug-likeness (QED) is 0.674. The molecule has 0 amide bonds. The number of piperazine rings is 1. The first-order valence-corrected chi connectivity index (χ1v) is 10.6. The number of benzene rings is 1. The van der Waals surface area contributed by atoms with Crippen molar-refractivity contribution in [3.63, 3.8) is 0 Å². The summed E-state index contributed by atoms with van der Waals surface area (Å²) >= 11 is 0. The van der Waals surface area contributed by atoms with Gasteiger partial charge in [-0.25, -0.2) is 9.97 Å². The number of aryl methyl sites for hydroxylation is 1. The fourth-order valence-electron chi connectivity index (χ4n) is 4.96. The monoisotopic (exact) mass is 397 g/mol. The number of anilines is 2. The van der Waals surface area contributed by atoms with E-state index in [2.05, 4.69) is 50.2 Å². The lowest BCUT2D eigenvalue weighted by molar-refractivity contribution is 0.640. The van der Waals surface area contributed by atoms with Crippen LogP contribution in [0.5, 0.6) is 0 Å². The average Bonchev–Trinajstić information content (AvgIpc) is 3.22. The molecule has 1 saturated carbocycles. The lowest BCUT2D eigenvalue weighted by Crippen LogP contribution is -2.47. The zero-order chi connectivity index (χ0) is 20.2. The lowest BCUT2D eigenvalue weighted by atomic mass is 10.1. The Morgan fingerprint density at radius 2 is 1.93 bits per heavy atom. The Bertz CT molecular complexity index is 1160. The van der Waals surface area contributed by atoms with E-state index in [9.17, 15) is 5.26 Å². The number of fused-ring (bicyclic) bond motifs is 2. The molecule has 1 aliphatic carbocycles. The summed E-state index contributed by atoms with van der Waals surface area (Å²) in [4.78, 5) is 14.0. The van der Waals surface area contributed by atoms with Crippen molar-refractivity contribution in [3.8, 4) is 17.5 Å². The van der Waals surface area contributed by atoms with Gasteiger partial charge in [0.1, 0.15) is 11.6 Å². The first-order chi connectivity index (χ1) is 14.7. The smallest absolute Gasteiger partial charge is 0.164 e. The van der Waals surface area contributed by atoms with Crippen LogP contribution >= 0.6 is 0 Å². The summed E-state index contributed by atoms with van der Waals surface area (Å²) in [7, 11) is 1.88. The van der Waals surface area contributed by atoms with E-state index in [-0.39, 0.29) is 0 Å². The maximum atomic E-state index is 9.65. The van der Waals surface area contributed by atoms with Crippen LogP contribution in [0.1, 0.15) is 36.3 Å². The van der Waals surface area contributed by atoms with Crippen LogP contribution in [0.15, 0.2) is 42.9 Å². The van der Waals surface area contributed by atoms with Gasteiger partial charge in [-0.2, -0.15) is 10.4 Å². The zero-order valence-electron chi connectivity index (χ0n) is 16.9. The maximum Gasteiger partial charge on any atom is 0.164 e. The van der Waals surface area contributed by atoms with E-state index >= 15 is 0 Å². The van der Waals surface area contributed by atoms with Gasteiger partial charge in [-0.15, -0.1) is 0 Å². The lowest BCUT2D eigenvalue weighted by Gasteiger charge is -2.36. The Balaban J connectivity index is 1.28. The van der Waals surface area contributed by atoms with Crippen LogP contribution in [-0.4, -0.2) is 44.9 Å². The van der Waals surface area contributed by atoms with Crippen LogP contribution in [-0.2, 0) is 7.05 Å². The van der Waals surface area contributed by atoms with Gasteiger partial charge in [0.25, 0.3) is 0 Å². The van der Waals surface area contributed by atoms with Gasteiger partial charge < -0.3 is 9.80 Å². The van der Waals surface area contributed by atoms with Gasteiger partial charge in [-0.3, -0.25) is 4.68 Å². The van der Waals surface area contributed by atoms with Gasteiger partial charge in [0.15, 0.2) is 11.6 Å². The van der Waals surface area contributed by atoms with Gasteiger partial charge in [0, 0.05) is 38.1 Å². The molecule has 2 bridgehead atoms. The Morgan fingerprint density at radius 3 is 2.63 bits per heavy atom. The Morgan fingerprint density at radius 1 is 1.10 bits per heavy atom. The van der Waals surface area contributed by atoms with Crippen LogP contribution in [0, 0.1) is 11.3 Å². The Kier molecular flexibility index (Phi) is 3.82. The summed E-state index contributed by atoms with van der Waals surface area (Å²) < 4.78 is 1.74. The predicted octanol–water partition coefficient (Wildman–Crippen LogP) is 3.09. The largest absolute Gasteiger partial charge is 0.365 e. The summed E-state index contributed by atoms with van der Waals surface area (Å²) in [5.41, 5.74) is 4.23. The molecule has 150 valence electrons.